The maximum absolute atomic E-state index is 12.4. The summed E-state index contributed by atoms with van der Waals surface area (Å²) in [6.45, 7) is 6.65. The zero-order chi connectivity index (χ0) is 15.5. The maximum atomic E-state index is 12.4. The van der Waals surface area contributed by atoms with Crippen molar-refractivity contribution in [1.82, 2.24) is 9.88 Å². The quantitative estimate of drug-likeness (QED) is 0.860. The Labute approximate surface area is 128 Å². The molecule has 21 heavy (non-hydrogen) atoms. The summed E-state index contributed by atoms with van der Waals surface area (Å²) in [5.74, 6) is 0.487. The first-order valence-corrected chi connectivity index (χ1v) is 8.47. The van der Waals surface area contributed by atoms with E-state index >= 15 is 0 Å². The van der Waals surface area contributed by atoms with Crippen LogP contribution in [-0.4, -0.2) is 44.1 Å². The van der Waals surface area contributed by atoms with Gasteiger partial charge in [-0.15, -0.1) is 0 Å². The van der Waals surface area contributed by atoms with Gasteiger partial charge in [-0.1, -0.05) is 6.07 Å². The van der Waals surface area contributed by atoms with Crippen molar-refractivity contribution in [3.63, 3.8) is 0 Å². The first-order chi connectivity index (χ1) is 9.85. The Hall–Kier alpha value is -1.43. The van der Waals surface area contributed by atoms with Crippen LogP contribution in [-0.2, 0) is 21.3 Å². The Morgan fingerprint density at radius 1 is 1.52 bits per heavy atom. The molecule has 0 aliphatic carbocycles. The molecule has 0 radical (unpaired) electrons. The number of nitrogens with zero attached hydrogens (tertiary/aromatic N) is 2. The number of ether oxygens (including phenoxy) is 1. The van der Waals surface area contributed by atoms with E-state index in [-0.39, 0.29) is 11.3 Å². The van der Waals surface area contributed by atoms with Gasteiger partial charge in [0.2, 0.25) is 0 Å². The van der Waals surface area contributed by atoms with Crippen molar-refractivity contribution in [3.05, 3.63) is 30.1 Å². The molecule has 0 bridgehead atoms. The zero-order valence-electron chi connectivity index (χ0n) is 12.7. The largest absolute Gasteiger partial charge is 0.444 e. The summed E-state index contributed by atoms with van der Waals surface area (Å²) in [6.07, 6.45) is 3.87. The summed E-state index contributed by atoms with van der Waals surface area (Å²) in [5.41, 5.74) is 0.468. The topological polar surface area (TPSA) is 59.5 Å². The number of pyridine rings is 1. The number of carbonyl (C=O) groups excluding carboxylic acids is 1. The second-order valence-electron chi connectivity index (χ2n) is 6.22. The molecule has 6 heteroatoms. The van der Waals surface area contributed by atoms with E-state index in [1.807, 2.05) is 32.9 Å². The van der Waals surface area contributed by atoms with Crippen LogP contribution >= 0.6 is 0 Å². The highest BCUT2D eigenvalue weighted by atomic mass is 32.2. The van der Waals surface area contributed by atoms with Crippen molar-refractivity contribution in [3.8, 4) is 0 Å². The Balaban J connectivity index is 1.87. The van der Waals surface area contributed by atoms with Crippen LogP contribution in [0.4, 0.5) is 4.79 Å². The van der Waals surface area contributed by atoms with E-state index in [2.05, 4.69) is 4.98 Å². The first-order valence-electron chi connectivity index (χ1n) is 7.09. The summed E-state index contributed by atoms with van der Waals surface area (Å²) in [7, 11) is -0.996. The highest BCUT2D eigenvalue weighted by Gasteiger charge is 2.32. The molecule has 1 amide bonds. The number of hydrogen-bond donors (Lipinski definition) is 0. The van der Waals surface area contributed by atoms with Crippen molar-refractivity contribution >= 4 is 16.9 Å². The van der Waals surface area contributed by atoms with Gasteiger partial charge in [-0.25, -0.2) is 4.79 Å². The summed E-state index contributed by atoms with van der Waals surface area (Å²) in [5, 5.41) is 0.0118. The molecule has 1 aromatic heterocycles. The molecule has 0 N–H and O–H groups in total. The molecule has 1 fully saturated rings. The monoisotopic (exact) mass is 310 g/mol. The fourth-order valence-corrected chi connectivity index (χ4v) is 3.65. The smallest absolute Gasteiger partial charge is 0.410 e. The van der Waals surface area contributed by atoms with Crippen molar-refractivity contribution in [2.75, 3.05) is 13.1 Å². The lowest BCUT2D eigenvalue weighted by molar-refractivity contribution is 0.0295. The van der Waals surface area contributed by atoms with Crippen LogP contribution in [0.2, 0.25) is 0 Å². The van der Waals surface area contributed by atoms with Gasteiger partial charge in [-0.2, -0.15) is 0 Å². The summed E-state index contributed by atoms with van der Waals surface area (Å²) in [4.78, 5) is 17.7. The lowest BCUT2D eigenvalue weighted by Gasteiger charge is -2.24. The molecule has 1 aromatic rings. The molecule has 116 valence electrons. The fraction of sp³-hybridized carbons (Fsp3) is 0.600. The minimum absolute atomic E-state index is 0.0118. The Morgan fingerprint density at radius 3 is 2.90 bits per heavy atom. The van der Waals surface area contributed by atoms with E-state index < -0.39 is 16.4 Å². The van der Waals surface area contributed by atoms with Crippen molar-refractivity contribution in [2.45, 2.75) is 43.8 Å². The molecule has 2 heterocycles. The molecule has 0 unspecified atom stereocenters. The maximum Gasteiger partial charge on any atom is 0.410 e. The molecule has 5 nitrogen and oxygen atoms in total. The van der Waals surface area contributed by atoms with Gasteiger partial charge in [0.25, 0.3) is 0 Å². The second-order valence-corrected chi connectivity index (χ2v) is 7.94. The Morgan fingerprint density at radius 2 is 2.29 bits per heavy atom. The fourth-order valence-electron chi connectivity index (χ4n) is 2.20. The summed E-state index contributed by atoms with van der Waals surface area (Å²) in [6, 6.07) is 3.76. The van der Waals surface area contributed by atoms with Gasteiger partial charge in [-0.05, 0) is 38.8 Å². The molecule has 1 saturated heterocycles. The van der Waals surface area contributed by atoms with Gasteiger partial charge in [-0.3, -0.25) is 9.19 Å². The standard InChI is InChI=1S/C15H22N2O3S/c1-15(2,3)20-14(18)17-8-6-13(10-17)21(19)11-12-5-4-7-16-9-12/h4-5,7,9,13H,6,8,10-11H2,1-3H3/t13-,21-/m0/s1. The molecule has 0 spiro atoms. The molecule has 1 aliphatic heterocycles. The molecule has 2 atom stereocenters. The SMILES string of the molecule is CC(C)(C)OC(=O)N1CC[C@H]([S@@](=O)Cc2cccnc2)C1. The van der Waals surface area contributed by atoms with Crippen molar-refractivity contribution in [1.29, 1.82) is 0 Å². The van der Waals surface area contributed by atoms with E-state index in [4.69, 9.17) is 4.74 Å². The van der Waals surface area contributed by atoms with E-state index in [0.29, 0.717) is 18.8 Å². The molecule has 1 aliphatic rings. The van der Waals surface area contributed by atoms with Gasteiger partial charge in [0, 0.05) is 36.3 Å². The number of carbonyl (C=O) groups is 1. The molecular formula is C15H22N2O3S. The average Bonchev–Trinajstić information content (AvgIpc) is 2.87. The van der Waals surface area contributed by atoms with Gasteiger partial charge in [0.05, 0.1) is 11.0 Å². The minimum Gasteiger partial charge on any atom is -0.444 e. The lowest BCUT2D eigenvalue weighted by Crippen LogP contribution is -2.36. The van der Waals surface area contributed by atoms with Crippen LogP contribution in [0.15, 0.2) is 24.5 Å². The molecule has 2 rings (SSSR count). The van der Waals surface area contributed by atoms with Crippen LogP contribution < -0.4 is 0 Å². The van der Waals surface area contributed by atoms with Crippen LogP contribution in [0.3, 0.4) is 0 Å². The minimum atomic E-state index is -0.996. The molecular weight excluding hydrogens is 288 g/mol. The van der Waals surface area contributed by atoms with E-state index in [1.165, 1.54) is 0 Å². The van der Waals surface area contributed by atoms with Crippen molar-refractivity contribution in [2.24, 2.45) is 0 Å². The third-order valence-electron chi connectivity index (χ3n) is 3.20. The average molecular weight is 310 g/mol. The molecule has 0 saturated carbocycles. The third kappa shape index (κ3) is 4.81. The van der Waals surface area contributed by atoms with Crippen LogP contribution in [0.25, 0.3) is 0 Å². The number of aromatic nitrogens is 1. The van der Waals surface area contributed by atoms with Crippen LogP contribution in [0, 0.1) is 0 Å². The Bertz CT molecular complexity index is 513. The van der Waals surface area contributed by atoms with E-state index in [9.17, 15) is 9.00 Å². The number of likely N-dealkylation sites (tertiary alicyclic amines) is 1. The summed E-state index contributed by atoms with van der Waals surface area (Å²) < 4.78 is 17.7. The molecule has 0 aromatic carbocycles. The third-order valence-corrected chi connectivity index (χ3v) is 4.95. The second kappa shape index (κ2) is 6.56. The number of rotatable bonds is 3. The highest BCUT2D eigenvalue weighted by molar-refractivity contribution is 7.84. The van der Waals surface area contributed by atoms with Gasteiger partial charge in [0.1, 0.15) is 5.60 Å². The van der Waals surface area contributed by atoms with Crippen molar-refractivity contribution < 1.29 is 13.7 Å². The predicted molar refractivity (Wildman–Crippen MR) is 82.3 cm³/mol. The first kappa shape index (κ1) is 15.9. The van der Waals surface area contributed by atoms with Gasteiger partial charge in [0.15, 0.2) is 0 Å². The lowest BCUT2D eigenvalue weighted by atomic mass is 10.2. The van der Waals surface area contributed by atoms with E-state index in [1.54, 1.807) is 17.3 Å². The normalized spacial score (nSPS) is 20.3. The number of amides is 1. The van der Waals surface area contributed by atoms with Gasteiger partial charge >= 0.3 is 6.09 Å². The zero-order valence-corrected chi connectivity index (χ0v) is 13.6. The van der Waals surface area contributed by atoms with Crippen LogP contribution in [0.1, 0.15) is 32.8 Å². The highest BCUT2D eigenvalue weighted by Crippen LogP contribution is 2.20. The number of hydrogen-bond acceptors (Lipinski definition) is 4. The van der Waals surface area contributed by atoms with E-state index in [0.717, 1.165) is 12.0 Å². The summed E-state index contributed by atoms with van der Waals surface area (Å²) >= 11 is 0. The van der Waals surface area contributed by atoms with Crippen LogP contribution in [0.5, 0.6) is 0 Å². The predicted octanol–water partition coefficient (Wildman–Crippen LogP) is 2.34. The Kier molecular flexibility index (Phi) is 4.98. The van der Waals surface area contributed by atoms with Gasteiger partial charge < -0.3 is 9.64 Å².